The molecule has 4 nitrogen and oxygen atoms in total. The molecule has 4 heteroatoms. The van der Waals surface area contributed by atoms with E-state index in [1.54, 1.807) is 0 Å². The molecule has 1 aromatic carbocycles. The summed E-state index contributed by atoms with van der Waals surface area (Å²) >= 11 is 0. The Morgan fingerprint density at radius 2 is 2.19 bits per heavy atom. The zero-order valence-corrected chi connectivity index (χ0v) is 13.2. The van der Waals surface area contributed by atoms with Crippen LogP contribution in [0.25, 0.3) is 11.0 Å². The molecule has 0 aliphatic carbocycles. The first kappa shape index (κ1) is 15.6. The first-order valence-electron chi connectivity index (χ1n) is 7.59. The smallest absolute Gasteiger partial charge is 0.127 e. The molecule has 0 bridgehead atoms. The van der Waals surface area contributed by atoms with Gasteiger partial charge in [0, 0.05) is 12.6 Å². The fraction of sp³-hybridized carbons (Fsp3) is 0.471. The fourth-order valence-electron chi connectivity index (χ4n) is 2.34. The molecule has 0 saturated carbocycles. The van der Waals surface area contributed by atoms with Crippen LogP contribution in [0.5, 0.6) is 5.75 Å². The van der Waals surface area contributed by atoms with Crippen molar-refractivity contribution < 1.29 is 4.74 Å². The molecule has 0 aliphatic heterocycles. The monoisotopic (exact) mass is 287 g/mol. The predicted octanol–water partition coefficient (Wildman–Crippen LogP) is 3.81. The Labute approximate surface area is 126 Å². The summed E-state index contributed by atoms with van der Waals surface area (Å²) < 4.78 is 7.84. The predicted molar refractivity (Wildman–Crippen MR) is 87.6 cm³/mol. The van der Waals surface area contributed by atoms with Crippen molar-refractivity contribution in [2.75, 3.05) is 6.61 Å². The number of rotatable bonds is 7. The van der Waals surface area contributed by atoms with Crippen molar-refractivity contribution in [2.45, 2.75) is 46.2 Å². The van der Waals surface area contributed by atoms with Crippen LogP contribution in [-0.4, -0.2) is 16.2 Å². The molecule has 1 heterocycles. The maximum Gasteiger partial charge on any atom is 0.127 e. The van der Waals surface area contributed by atoms with E-state index in [4.69, 9.17) is 15.5 Å². The van der Waals surface area contributed by atoms with Crippen molar-refractivity contribution in [1.29, 1.82) is 0 Å². The van der Waals surface area contributed by atoms with Crippen LogP contribution >= 0.6 is 0 Å². The minimum atomic E-state index is -0.0586. The normalized spacial score (nSPS) is 12.6. The van der Waals surface area contributed by atoms with Gasteiger partial charge in [-0.2, -0.15) is 0 Å². The zero-order valence-electron chi connectivity index (χ0n) is 13.2. The van der Waals surface area contributed by atoms with Crippen LogP contribution in [0, 0.1) is 0 Å². The fourth-order valence-corrected chi connectivity index (χ4v) is 2.34. The minimum absolute atomic E-state index is 0.0586. The van der Waals surface area contributed by atoms with Crippen LogP contribution in [0.4, 0.5) is 0 Å². The average Bonchev–Trinajstić information content (AvgIpc) is 2.81. The SMILES string of the molecule is C=C(C)Cn1c(C(N)CC)nc2cc(OCCC)ccc21. The molecule has 0 amide bonds. The summed E-state index contributed by atoms with van der Waals surface area (Å²) in [5.74, 6) is 1.78. The molecular weight excluding hydrogens is 262 g/mol. The first-order chi connectivity index (χ1) is 10.1. The topological polar surface area (TPSA) is 53.1 Å². The van der Waals surface area contributed by atoms with Gasteiger partial charge in [-0.05, 0) is 31.9 Å². The van der Waals surface area contributed by atoms with Gasteiger partial charge in [-0.25, -0.2) is 4.98 Å². The van der Waals surface area contributed by atoms with Crippen LogP contribution in [0.2, 0.25) is 0 Å². The Morgan fingerprint density at radius 1 is 1.43 bits per heavy atom. The number of imidazole rings is 1. The highest BCUT2D eigenvalue weighted by atomic mass is 16.5. The lowest BCUT2D eigenvalue weighted by Gasteiger charge is -2.13. The van der Waals surface area contributed by atoms with E-state index in [0.29, 0.717) is 0 Å². The van der Waals surface area contributed by atoms with Gasteiger partial charge >= 0.3 is 0 Å². The van der Waals surface area contributed by atoms with E-state index in [1.807, 2.05) is 19.1 Å². The lowest BCUT2D eigenvalue weighted by molar-refractivity contribution is 0.318. The number of ether oxygens (including phenoxy) is 1. The molecule has 21 heavy (non-hydrogen) atoms. The first-order valence-corrected chi connectivity index (χ1v) is 7.59. The van der Waals surface area contributed by atoms with E-state index in [9.17, 15) is 0 Å². The van der Waals surface area contributed by atoms with E-state index in [1.165, 1.54) is 0 Å². The molecule has 1 aromatic heterocycles. The number of nitrogens with two attached hydrogens (primary N) is 1. The largest absolute Gasteiger partial charge is 0.494 e. The zero-order chi connectivity index (χ0) is 15.4. The number of allylic oxidation sites excluding steroid dienone is 1. The van der Waals surface area contributed by atoms with E-state index in [2.05, 4.69) is 31.1 Å². The lowest BCUT2D eigenvalue weighted by atomic mass is 10.2. The van der Waals surface area contributed by atoms with Crippen molar-refractivity contribution in [3.8, 4) is 5.75 Å². The standard InChI is InChI=1S/C17H25N3O/c1-5-9-21-13-7-8-16-15(10-13)19-17(14(18)6-2)20(16)11-12(3)4/h7-8,10,14H,3,5-6,9,11,18H2,1-2,4H3. The van der Waals surface area contributed by atoms with Gasteiger partial charge in [-0.1, -0.05) is 26.0 Å². The van der Waals surface area contributed by atoms with Gasteiger partial charge in [0.2, 0.25) is 0 Å². The molecule has 1 unspecified atom stereocenters. The van der Waals surface area contributed by atoms with Crippen molar-refractivity contribution in [2.24, 2.45) is 5.73 Å². The quantitative estimate of drug-likeness (QED) is 0.788. The second-order valence-corrected chi connectivity index (χ2v) is 5.53. The Kier molecular flexibility index (Phi) is 5.02. The Hall–Kier alpha value is -1.81. The third kappa shape index (κ3) is 3.45. The van der Waals surface area contributed by atoms with Gasteiger partial charge in [0.15, 0.2) is 0 Å². The second kappa shape index (κ2) is 6.76. The van der Waals surface area contributed by atoms with Crippen molar-refractivity contribution in [3.63, 3.8) is 0 Å². The molecule has 2 N–H and O–H groups in total. The summed E-state index contributed by atoms with van der Waals surface area (Å²) in [6, 6.07) is 5.99. The van der Waals surface area contributed by atoms with E-state index < -0.39 is 0 Å². The molecule has 0 fully saturated rings. The van der Waals surface area contributed by atoms with Crippen LogP contribution in [0.15, 0.2) is 30.4 Å². The molecule has 1 atom stereocenters. The number of hydrogen-bond donors (Lipinski definition) is 1. The molecule has 0 saturated heterocycles. The maximum atomic E-state index is 6.21. The lowest BCUT2D eigenvalue weighted by Crippen LogP contribution is -2.16. The second-order valence-electron chi connectivity index (χ2n) is 5.53. The van der Waals surface area contributed by atoms with Crippen LogP contribution in [-0.2, 0) is 6.54 Å². The number of aromatic nitrogens is 2. The van der Waals surface area contributed by atoms with Crippen LogP contribution in [0.3, 0.4) is 0 Å². The molecule has 0 aliphatic rings. The third-order valence-corrected chi connectivity index (χ3v) is 3.42. The maximum absolute atomic E-state index is 6.21. The van der Waals surface area contributed by atoms with Gasteiger partial charge < -0.3 is 15.0 Å². The number of hydrogen-bond acceptors (Lipinski definition) is 3. The summed E-state index contributed by atoms with van der Waals surface area (Å²) in [5.41, 5.74) is 9.31. The molecule has 0 spiro atoms. The van der Waals surface area contributed by atoms with Gasteiger partial charge in [0.1, 0.15) is 11.6 Å². The van der Waals surface area contributed by atoms with Gasteiger partial charge in [0.25, 0.3) is 0 Å². The van der Waals surface area contributed by atoms with Crippen LogP contribution < -0.4 is 10.5 Å². The summed E-state index contributed by atoms with van der Waals surface area (Å²) in [5, 5.41) is 0. The molecule has 114 valence electrons. The number of benzene rings is 1. The van der Waals surface area contributed by atoms with E-state index >= 15 is 0 Å². The van der Waals surface area contributed by atoms with E-state index in [0.717, 1.165) is 54.2 Å². The van der Waals surface area contributed by atoms with Crippen molar-refractivity contribution in [1.82, 2.24) is 9.55 Å². The van der Waals surface area contributed by atoms with Crippen LogP contribution in [0.1, 0.15) is 45.5 Å². The Balaban J connectivity index is 2.47. The molecule has 2 rings (SSSR count). The van der Waals surface area contributed by atoms with Gasteiger partial charge in [-0.15, -0.1) is 0 Å². The molecule has 2 aromatic rings. The van der Waals surface area contributed by atoms with E-state index in [-0.39, 0.29) is 6.04 Å². The molecule has 0 radical (unpaired) electrons. The summed E-state index contributed by atoms with van der Waals surface area (Å²) in [6.45, 7) is 11.7. The highest BCUT2D eigenvalue weighted by molar-refractivity contribution is 5.78. The number of fused-ring (bicyclic) bond motifs is 1. The summed E-state index contributed by atoms with van der Waals surface area (Å²) in [4.78, 5) is 4.72. The third-order valence-electron chi connectivity index (χ3n) is 3.42. The highest BCUT2D eigenvalue weighted by Crippen LogP contribution is 2.26. The number of nitrogens with zero attached hydrogens (tertiary/aromatic N) is 2. The minimum Gasteiger partial charge on any atom is -0.494 e. The van der Waals surface area contributed by atoms with Crippen molar-refractivity contribution >= 4 is 11.0 Å². The summed E-state index contributed by atoms with van der Waals surface area (Å²) in [7, 11) is 0. The average molecular weight is 287 g/mol. The van der Waals surface area contributed by atoms with Gasteiger partial charge in [-0.3, -0.25) is 0 Å². The van der Waals surface area contributed by atoms with Gasteiger partial charge in [0.05, 0.1) is 23.7 Å². The highest BCUT2D eigenvalue weighted by Gasteiger charge is 2.16. The molecular formula is C17H25N3O. The van der Waals surface area contributed by atoms with Crippen molar-refractivity contribution in [3.05, 3.63) is 36.2 Å². The Bertz CT molecular complexity index is 630. The Morgan fingerprint density at radius 3 is 2.81 bits per heavy atom. The summed E-state index contributed by atoms with van der Waals surface area (Å²) in [6.07, 6.45) is 1.85.